The van der Waals surface area contributed by atoms with Crippen molar-refractivity contribution in [2.45, 2.75) is 6.10 Å². The quantitative estimate of drug-likeness (QED) is 0.800. The average molecular weight is 292 g/mol. The van der Waals surface area contributed by atoms with E-state index in [4.69, 9.17) is 4.74 Å². The highest BCUT2D eigenvalue weighted by Crippen LogP contribution is 2.20. The Morgan fingerprint density at radius 2 is 1.73 bits per heavy atom. The second kappa shape index (κ2) is 6.37. The number of methoxy groups -OCH3 is 1. The molecule has 110 valence electrons. The first-order valence-corrected chi connectivity index (χ1v) is 7.02. The van der Waals surface area contributed by atoms with Gasteiger partial charge >= 0.3 is 0 Å². The number of pyridine rings is 1. The van der Waals surface area contributed by atoms with Crippen LogP contribution in [0.5, 0.6) is 0 Å². The van der Waals surface area contributed by atoms with Gasteiger partial charge in [-0.1, -0.05) is 48.5 Å². The van der Waals surface area contributed by atoms with Crippen molar-refractivity contribution in [3.05, 3.63) is 72.3 Å². The summed E-state index contributed by atoms with van der Waals surface area (Å²) in [5.74, 6) is 0.276. The minimum Gasteiger partial charge on any atom is -0.367 e. The summed E-state index contributed by atoms with van der Waals surface area (Å²) in [4.78, 5) is 16.8. The Bertz CT molecular complexity index is 787. The molecule has 4 nitrogen and oxygen atoms in total. The lowest BCUT2D eigenvalue weighted by molar-refractivity contribution is -0.126. The molecule has 3 rings (SSSR count). The number of carbonyl (C=O) groups is 1. The van der Waals surface area contributed by atoms with Gasteiger partial charge in [0.25, 0.3) is 5.91 Å². The number of nitrogens with one attached hydrogen (secondary N) is 1. The van der Waals surface area contributed by atoms with E-state index in [9.17, 15) is 4.79 Å². The first-order valence-electron chi connectivity index (χ1n) is 7.02. The van der Waals surface area contributed by atoms with Gasteiger partial charge in [-0.3, -0.25) is 4.79 Å². The van der Waals surface area contributed by atoms with Crippen molar-refractivity contribution in [2.24, 2.45) is 0 Å². The number of nitrogens with zero attached hydrogens (tertiary/aromatic N) is 1. The summed E-state index contributed by atoms with van der Waals surface area (Å²) in [7, 11) is 1.52. The normalized spacial score (nSPS) is 12.0. The number of anilines is 1. The van der Waals surface area contributed by atoms with Gasteiger partial charge in [0.2, 0.25) is 0 Å². The number of hydrogen-bond acceptors (Lipinski definition) is 3. The molecule has 1 heterocycles. The van der Waals surface area contributed by atoms with Gasteiger partial charge in [0.15, 0.2) is 6.10 Å². The van der Waals surface area contributed by atoms with Crippen molar-refractivity contribution in [3.8, 4) is 0 Å². The van der Waals surface area contributed by atoms with Gasteiger partial charge in [0.05, 0.1) is 5.52 Å². The van der Waals surface area contributed by atoms with Crippen LogP contribution in [0.4, 0.5) is 5.82 Å². The molecule has 1 N–H and O–H groups in total. The van der Waals surface area contributed by atoms with Crippen LogP contribution in [0.25, 0.3) is 10.9 Å². The summed E-state index contributed by atoms with van der Waals surface area (Å²) in [5, 5.41) is 3.84. The van der Waals surface area contributed by atoms with Crippen LogP contribution in [-0.4, -0.2) is 18.0 Å². The molecule has 0 spiro atoms. The van der Waals surface area contributed by atoms with Crippen LogP contribution in [0, 0.1) is 0 Å². The molecule has 0 aliphatic heterocycles. The van der Waals surface area contributed by atoms with Crippen molar-refractivity contribution >= 4 is 22.6 Å². The van der Waals surface area contributed by atoms with Crippen molar-refractivity contribution in [1.29, 1.82) is 0 Å². The molecule has 0 fully saturated rings. The monoisotopic (exact) mass is 292 g/mol. The summed E-state index contributed by atoms with van der Waals surface area (Å²) >= 11 is 0. The highest BCUT2D eigenvalue weighted by molar-refractivity contribution is 5.95. The zero-order valence-electron chi connectivity index (χ0n) is 12.2. The molecule has 0 radical (unpaired) electrons. The fourth-order valence-corrected chi connectivity index (χ4v) is 2.35. The van der Waals surface area contributed by atoms with Crippen LogP contribution < -0.4 is 5.32 Å². The van der Waals surface area contributed by atoms with Crippen molar-refractivity contribution in [2.75, 3.05) is 12.4 Å². The number of carbonyl (C=O) groups excluding carboxylic acids is 1. The van der Waals surface area contributed by atoms with E-state index in [1.165, 1.54) is 7.11 Å². The summed E-state index contributed by atoms with van der Waals surface area (Å²) in [5.41, 5.74) is 1.65. The Morgan fingerprint density at radius 1 is 1.00 bits per heavy atom. The lowest BCUT2D eigenvalue weighted by atomic mass is 10.1. The second-order valence-corrected chi connectivity index (χ2v) is 4.90. The van der Waals surface area contributed by atoms with Crippen molar-refractivity contribution in [1.82, 2.24) is 4.98 Å². The first-order chi connectivity index (χ1) is 10.8. The molecule has 0 aliphatic rings. The number of aromatic nitrogens is 1. The van der Waals surface area contributed by atoms with Crippen LogP contribution in [-0.2, 0) is 9.53 Å². The Balaban J connectivity index is 1.82. The molecular formula is C18H16N2O2. The van der Waals surface area contributed by atoms with Gasteiger partial charge < -0.3 is 10.1 Å². The van der Waals surface area contributed by atoms with Crippen molar-refractivity contribution in [3.63, 3.8) is 0 Å². The van der Waals surface area contributed by atoms with E-state index in [1.54, 1.807) is 6.07 Å². The van der Waals surface area contributed by atoms with E-state index in [-0.39, 0.29) is 5.91 Å². The number of ether oxygens (including phenoxy) is 1. The minimum atomic E-state index is -0.658. The zero-order valence-corrected chi connectivity index (χ0v) is 12.2. The smallest absolute Gasteiger partial charge is 0.259 e. The van der Waals surface area contributed by atoms with E-state index in [1.807, 2.05) is 60.7 Å². The minimum absolute atomic E-state index is 0.239. The van der Waals surface area contributed by atoms with Gasteiger partial charge in [-0.2, -0.15) is 0 Å². The zero-order chi connectivity index (χ0) is 15.4. The van der Waals surface area contributed by atoms with Crippen LogP contribution in [0.15, 0.2) is 66.7 Å². The number of benzene rings is 2. The van der Waals surface area contributed by atoms with Crippen LogP contribution in [0.3, 0.4) is 0 Å². The molecule has 1 amide bonds. The lowest BCUT2D eigenvalue weighted by Crippen LogP contribution is -2.23. The van der Waals surface area contributed by atoms with Gasteiger partial charge in [-0.05, 0) is 23.8 Å². The van der Waals surface area contributed by atoms with Crippen LogP contribution >= 0.6 is 0 Å². The first kappa shape index (κ1) is 14.2. The molecule has 4 heteroatoms. The third-order valence-electron chi connectivity index (χ3n) is 3.43. The maximum Gasteiger partial charge on any atom is 0.259 e. The third kappa shape index (κ3) is 2.97. The molecule has 0 saturated heterocycles. The molecule has 1 atom stereocenters. The Hall–Kier alpha value is -2.72. The van der Waals surface area contributed by atoms with E-state index < -0.39 is 6.10 Å². The van der Waals surface area contributed by atoms with E-state index in [0.717, 1.165) is 16.5 Å². The summed E-state index contributed by atoms with van der Waals surface area (Å²) in [6, 6.07) is 20.9. The largest absolute Gasteiger partial charge is 0.367 e. The van der Waals surface area contributed by atoms with Crippen LogP contribution in [0.1, 0.15) is 11.7 Å². The maximum atomic E-state index is 12.4. The Labute approximate surface area is 128 Å². The van der Waals surface area contributed by atoms with Gasteiger partial charge in [0, 0.05) is 12.5 Å². The standard InChI is InChI=1S/C18H16N2O2/c1-22-17(14-8-3-2-4-9-14)18(21)20-16-12-11-13-7-5-6-10-15(13)19-16/h2-12,17H,1H3,(H,19,20,21). The van der Waals surface area contributed by atoms with Crippen molar-refractivity contribution < 1.29 is 9.53 Å². The second-order valence-electron chi connectivity index (χ2n) is 4.90. The lowest BCUT2D eigenvalue weighted by Gasteiger charge is -2.15. The average Bonchev–Trinajstić information content (AvgIpc) is 2.56. The molecule has 1 aromatic heterocycles. The van der Waals surface area contributed by atoms with Gasteiger partial charge in [0.1, 0.15) is 5.82 Å². The number of fused-ring (bicyclic) bond motifs is 1. The molecular weight excluding hydrogens is 276 g/mol. The highest BCUT2D eigenvalue weighted by Gasteiger charge is 2.20. The third-order valence-corrected chi connectivity index (χ3v) is 3.43. The Kier molecular flexibility index (Phi) is 4.12. The number of para-hydroxylation sites is 1. The topological polar surface area (TPSA) is 51.2 Å². The number of amides is 1. The molecule has 0 bridgehead atoms. The molecule has 0 saturated carbocycles. The SMILES string of the molecule is COC(C(=O)Nc1ccc2ccccc2n1)c1ccccc1. The van der Waals surface area contributed by atoms with Crippen LogP contribution in [0.2, 0.25) is 0 Å². The molecule has 3 aromatic rings. The molecule has 0 aliphatic carbocycles. The van der Waals surface area contributed by atoms with E-state index in [0.29, 0.717) is 5.82 Å². The maximum absolute atomic E-state index is 12.4. The highest BCUT2D eigenvalue weighted by atomic mass is 16.5. The van der Waals surface area contributed by atoms with Gasteiger partial charge in [-0.25, -0.2) is 4.98 Å². The fourth-order valence-electron chi connectivity index (χ4n) is 2.35. The summed E-state index contributed by atoms with van der Waals surface area (Å²) in [6.45, 7) is 0. The Morgan fingerprint density at radius 3 is 2.50 bits per heavy atom. The summed E-state index contributed by atoms with van der Waals surface area (Å²) < 4.78 is 5.32. The number of hydrogen-bond donors (Lipinski definition) is 1. The molecule has 2 aromatic carbocycles. The van der Waals surface area contributed by atoms with E-state index in [2.05, 4.69) is 10.3 Å². The van der Waals surface area contributed by atoms with E-state index >= 15 is 0 Å². The molecule has 1 unspecified atom stereocenters. The number of rotatable bonds is 4. The fraction of sp³-hybridized carbons (Fsp3) is 0.111. The summed E-state index contributed by atoms with van der Waals surface area (Å²) in [6.07, 6.45) is -0.658. The molecule has 22 heavy (non-hydrogen) atoms. The van der Waals surface area contributed by atoms with Gasteiger partial charge in [-0.15, -0.1) is 0 Å². The predicted molar refractivity (Wildman–Crippen MR) is 86.6 cm³/mol. The predicted octanol–water partition coefficient (Wildman–Crippen LogP) is 3.56.